The van der Waals surface area contributed by atoms with Crippen LogP contribution in [0.15, 0.2) is 12.1 Å². The number of carboxylic acid groups (broad SMARTS) is 1. The van der Waals surface area contributed by atoms with Gasteiger partial charge >= 0.3 is 5.97 Å². The van der Waals surface area contributed by atoms with Gasteiger partial charge in [0.25, 0.3) is 0 Å². The van der Waals surface area contributed by atoms with Crippen molar-refractivity contribution in [2.45, 2.75) is 38.3 Å². The molecule has 1 aromatic heterocycles. The molecule has 0 aromatic carbocycles. The number of halogens is 1. The van der Waals surface area contributed by atoms with Crippen LogP contribution < -0.4 is 0 Å². The summed E-state index contributed by atoms with van der Waals surface area (Å²) in [5.74, 6) is -0.800. The zero-order chi connectivity index (χ0) is 14.5. The van der Waals surface area contributed by atoms with Crippen LogP contribution in [0.1, 0.15) is 37.1 Å². The SMILES string of the molecule is CC(c1ccc(Cl)s1)N1CCC(OCCC(=O)O)CC1. The summed E-state index contributed by atoms with van der Waals surface area (Å²) in [6.07, 6.45) is 2.21. The predicted molar refractivity (Wildman–Crippen MR) is 80.5 cm³/mol. The van der Waals surface area contributed by atoms with Crippen LogP contribution in [0.25, 0.3) is 0 Å². The van der Waals surface area contributed by atoms with Gasteiger partial charge in [0.05, 0.1) is 23.5 Å². The van der Waals surface area contributed by atoms with Crippen LogP contribution >= 0.6 is 22.9 Å². The lowest BCUT2D eigenvalue weighted by Gasteiger charge is -2.35. The Hall–Kier alpha value is -0.620. The molecule has 0 saturated carbocycles. The summed E-state index contributed by atoms with van der Waals surface area (Å²) >= 11 is 7.62. The molecule has 0 radical (unpaired) electrons. The number of carbonyl (C=O) groups is 1. The third-order valence-corrected chi connectivity index (χ3v) is 5.10. The molecular formula is C14H20ClNO3S. The van der Waals surface area contributed by atoms with Gasteiger partial charge < -0.3 is 9.84 Å². The van der Waals surface area contributed by atoms with Gasteiger partial charge in [-0.15, -0.1) is 11.3 Å². The molecule has 1 N–H and O–H groups in total. The minimum Gasteiger partial charge on any atom is -0.481 e. The summed E-state index contributed by atoms with van der Waals surface area (Å²) in [5, 5.41) is 8.59. The number of hydrogen-bond acceptors (Lipinski definition) is 4. The summed E-state index contributed by atoms with van der Waals surface area (Å²) in [4.78, 5) is 14.2. The van der Waals surface area contributed by atoms with E-state index < -0.39 is 5.97 Å². The number of ether oxygens (including phenoxy) is 1. The molecule has 2 rings (SSSR count). The van der Waals surface area contributed by atoms with Gasteiger partial charge in [0.1, 0.15) is 0 Å². The fourth-order valence-electron chi connectivity index (χ4n) is 2.48. The maximum absolute atomic E-state index is 10.4. The van der Waals surface area contributed by atoms with E-state index in [1.807, 2.05) is 6.07 Å². The lowest BCUT2D eigenvalue weighted by atomic mass is 10.1. The standard InChI is InChI=1S/C14H20ClNO3S/c1-10(12-2-3-13(15)20-12)16-7-4-11(5-8-16)19-9-6-14(17)18/h2-3,10-11H,4-9H2,1H3,(H,17,18). The van der Waals surface area contributed by atoms with Crippen LogP contribution in [-0.4, -0.2) is 41.8 Å². The molecule has 0 aliphatic carbocycles. The van der Waals surface area contributed by atoms with Crippen LogP contribution in [0.2, 0.25) is 4.34 Å². The summed E-state index contributed by atoms with van der Waals surface area (Å²) < 4.78 is 6.44. The molecular weight excluding hydrogens is 298 g/mol. The van der Waals surface area contributed by atoms with E-state index in [2.05, 4.69) is 17.9 Å². The molecule has 2 heterocycles. The average Bonchev–Trinajstić information content (AvgIpc) is 2.85. The molecule has 1 aliphatic rings. The number of piperidine rings is 1. The number of aliphatic carboxylic acids is 1. The second-order valence-electron chi connectivity index (χ2n) is 5.07. The Morgan fingerprint density at radius 1 is 1.55 bits per heavy atom. The van der Waals surface area contributed by atoms with Crippen LogP contribution in [0.5, 0.6) is 0 Å². The molecule has 0 spiro atoms. The highest BCUT2D eigenvalue weighted by atomic mass is 35.5. The van der Waals surface area contributed by atoms with E-state index in [1.165, 1.54) is 4.88 Å². The lowest BCUT2D eigenvalue weighted by molar-refractivity contribution is -0.138. The molecule has 1 saturated heterocycles. The Balaban J connectivity index is 1.75. The Bertz CT molecular complexity index is 443. The molecule has 0 amide bonds. The zero-order valence-electron chi connectivity index (χ0n) is 11.5. The summed E-state index contributed by atoms with van der Waals surface area (Å²) in [6.45, 7) is 4.48. The van der Waals surface area contributed by atoms with E-state index in [1.54, 1.807) is 11.3 Å². The lowest BCUT2D eigenvalue weighted by Crippen LogP contribution is -2.38. The van der Waals surface area contributed by atoms with Crippen LogP contribution in [0.4, 0.5) is 0 Å². The number of carboxylic acids is 1. The van der Waals surface area contributed by atoms with Crippen molar-refractivity contribution in [3.8, 4) is 0 Å². The monoisotopic (exact) mass is 317 g/mol. The van der Waals surface area contributed by atoms with Gasteiger partial charge in [0.15, 0.2) is 0 Å². The Kier molecular flexibility index (Phi) is 5.84. The van der Waals surface area contributed by atoms with Crippen molar-refractivity contribution in [1.82, 2.24) is 4.90 Å². The molecule has 6 heteroatoms. The Morgan fingerprint density at radius 3 is 2.80 bits per heavy atom. The smallest absolute Gasteiger partial charge is 0.305 e. The topological polar surface area (TPSA) is 49.8 Å². The largest absolute Gasteiger partial charge is 0.481 e. The number of likely N-dealkylation sites (tertiary alicyclic amines) is 1. The number of rotatable bonds is 6. The van der Waals surface area contributed by atoms with Gasteiger partial charge in [-0.25, -0.2) is 0 Å². The highest BCUT2D eigenvalue weighted by Crippen LogP contribution is 2.32. The molecule has 1 aliphatic heterocycles. The minimum absolute atomic E-state index is 0.0876. The minimum atomic E-state index is -0.800. The van der Waals surface area contributed by atoms with Crippen LogP contribution in [-0.2, 0) is 9.53 Å². The summed E-state index contributed by atoms with van der Waals surface area (Å²) in [6, 6.07) is 4.42. The van der Waals surface area contributed by atoms with E-state index in [9.17, 15) is 4.79 Å². The molecule has 0 bridgehead atoms. The van der Waals surface area contributed by atoms with Gasteiger partial charge in [-0.2, -0.15) is 0 Å². The maximum atomic E-state index is 10.4. The fourth-order valence-corrected chi connectivity index (χ4v) is 3.62. The van der Waals surface area contributed by atoms with Crippen molar-refractivity contribution < 1.29 is 14.6 Å². The van der Waals surface area contributed by atoms with Crippen molar-refractivity contribution >= 4 is 28.9 Å². The Labute approximate surface area is 128 Å². The van der Waals surface area contributed by atoms with Crippen molar-refractivity contribution in [2.24, 2.45) is 0 Å². The van der Waals surface area contributed by atoms with Crippen molar-refractivity contribution in [3.05, 3.63) is 21.3 Å². The van der Waals surface area contributed by atoms with E-state index in [-0.39, 0.29) is 12.5 Å². The van der Waals surface area contributed by atoms with E-state index in [0.29, 0.717) is 12.6 Å². The molecule has 1 atom stereocenters. The molecule has 20 heavy (non-hydrogen) atoms. The zero-order valence-corrected chi connectivity index (χ0v) is 13.1. The molecule has 112 valence electrons. The van der Waals surface area contributed by atoms with Gasteiger partial charge in [-0.05, 0) is 31.9 Å². The number of hydrogen-bond donors (Lipinski definition) is 1. The number of thiophene rings is 1. The second-order valence-corrected chi connectivity index (χ2v) is 6.81. The number of nitrogens with zero attached hydrogens (tertiary/aromatic N) is 1. The third kappa shape index (κ3) is 4.45. The quantitative estimate of drug-likeness (QED) is 0.873. The van der Waals surface area contributed by atoms with Gasteiger partial charge in [-0.1, -0.05) is 11.6 Å². The molecule has 1 aromatic rings. The predicted octanol–water partition coefficient (Wildman–Crippen LogP) is 3.42. The fraction of sp³-hybridized carbons (Fsp3) is 0.643. The Morgan fingerprint density at radius 2 is 2.25 bits per heavy atom. The first-order valence-corrected chi connectivity index (χ1v) is 8.08. The summed E-state index contributed by atoms with van der Waals surface area (Å²) in [7, 11) is 0. The van der Waals surface area contributed by atoms with E-state index in [0.717, 1.165) is 30.3 Å². The first-order valence-electron chi connectivity index (χ1n) is 6.89. The third-order valence-electron chi connectivity index (χ3n) is 3.70. The highest BCUT2D eigenvalue weighted by Gasteiger charge is 2.24. The second kappa shape index (κ2) is 7.41. The van der Waals surface area contributed by atoms with E-state index in [4.69, 9.17) is 21.4 Å². The van der Waals surface area contributed by atoms with Gasteiger partial charge in [-0.3, -0.25) is 9.69 Å². The average molecular weight is 318 g/mol. The first-order chi connectivity index (χ1) is 9.56. The normalized spacial score (nSPS) is 19.1. The van der Waals surface area contributed by atoms with Crippen molar-refractivity contribution in [2.75, 3.05) is 19.7 Å². The summed E-state index contributed by atoms with van der Waals surface area (Å²) in [5.41, 5.74) is 0. The van der Waals surface area contributed by atoms with Crippen molar-refractivity contribution in [3.63, 3.8) is 0 Å². The van der Waals surface area contributed by atoms with Gasteiger partial charge in [0, 0.05) is 24.0 Å². The van der Waals surface area contributed by atoms with Crippen molar-refractivity contribution in [1.29, 1.82) is 0 Å². The highest BCUT2D eigenvalue weighted by molar-refractivity contribution is 7.16. The molecule has 1 unspecified atom stereocenters. The molecule has 1 fully saturated rings. The van der Waals surface area contributed by atoms with Gasteiger partial charge in [0.2, 0.25) is 0 Å². The van der Waals surface area contributed by atoms with Crippen LogP contribution in [0, 0.1) is 0 Å². The van der Waals surface area contributed by atoms with Crippen LogP contribution in [0.3, 0.4) is 0 Å². The maximum Gasteiger partial charge on any atom is 0.305 e. The molecule has 4 nitrogen and oxygen atoms in total. The first kappa shape index (κ1) is 15.8. The van der Waals surface area contributed by atoms with E-state index >= 15 is 0 Å².